The molecule has 0 aliphatic heterocycles. The molecule has 5 nitrogen and oxygen atoms in total. The molecule has 0 aliphatic carbocycles. The van der Waals surface area contributed by atoms with Crippen LogP contribution in [0.15, 0.2) is 29.2 Å². The minimum Gasteiger partial charge on any atom is -0.380 e. The van der Waals surface area contributed by atoms with E-state index in [4.69, 9.17) is 4.74 Å². The topological polar surface area (TPSA) is 67.4 Å². The maximum absolute atomic E-state index is 12.1. The van der Waals surface area contributed by atoms with Crippen molar-refractivity contribution in [2.75, 3.05) is 20.2 Å². The van der Waals surface area contributed by atoms with Crippen molar-refractivity contribution in [1.29, 1.82) is 0 Å². The standard InChI is InChI=1S/C14H24N2O3S/c1-5-15-12(3)13-6-8-14(9-7-13)20(17,18)16-10-11(2)19-4/h6-9,11-12,15-16H,5,10H2,1-4H3. The molecule has 0 aromatic heterocycles. The lowest BCUT2D eigenvalue weighted by Gasteiger charge is -2.14. The van der Waals surface area contributed by atoms with Gasteiger partial charge in [0.25, 0.3) is 0 Å². The van der Waals surface area contributed by atoms with E-state index in [1.165, 1.54) is 0 Å². The molecule has 0 aliphatic rings. The molecule has 0 radical (unpaired) electrons. The molecule has 0 saturated heterocycles. The van der Waals surface area contributed by atoms with Crippen LogP contribution in [0, 0.1) is 0 Å². The molecule has 1 rings (SSSR count). The quantitative estimate of drug-likeness (QED) is 0.766. The maximum Gasteiger partial charge on any atom is 0.240 e. The van der Waals surface area contributed by atoms with Gasteiger partial charge in [-0.05, 0) is 38.1 Å². The molecule has 0 saturated carbocycles. The van der Waals surface area contributed by atoms with E-state index in [-0.39, 0.29) is 23.6 Å². The van der Waals surface area contributed by atoms with Gasteiger partial charge in [0.05, 0.1) is 11.0 Å². The Morgan fingerprint density at radius 1 is 1.20 bits per heavy atom. The highest BCUT2D eigenvalue weighted by Crippen LogP contribution is 2.16. The van der Waals surface area contributed by atoms with Crippen LogP contribution in [0.2, 0.25) is 0 Å². The molecule has 0 amide bonds. The third kappa shape index (κ3) is 4.86. The van der Waals surface area contributed by atoms with E-state index in [9.17, 15) is 8.42 Å². The van der Waals surface area contributed by atoms with Gasteiger partial charge in [-0.15, -0.1) is 0 Å². The van der Waals surface area contributed by atoms with Crippen molar-refractivity contribution >= 4 is 10.0 Å². The Balaban J connectivity index is 2.76. The molecule has 0 heterocycles. The van der Waals surface area contributed by atoms with Gasteiger partial charge in [-0.3, -0.25) is 0 Å². The zero-order valence-corrected chi connectivity index (χ0v) is 13.3. The summed E-state index contributed by atoms with van der Waals surface area (Å²) in [4.78, 5) is 0.272. The van der Waals surface area contributed by atoms with Gasteiger partial charge in [-0.1, -0.05) is 19.1 Å². The van der Waals surface area contributed by atoms with E-state index in [2.05, 4.69) is 10.0 Å². The first kappa shape index (κ1) is 17.1. The Morgan fingerprint density at radius 3 is 2.30 bits per heavy atom. The third-order valence-corrected chi connectivity index (χ3v) is 4.60. The summed E-state index contributed by atoms with van der Waals surface area (Å²) in [7, 11) is -1.92. The van der Waals surface area contributed by atoms with Crippen molar-refractivity contribution in [2.45, 2.75) is 37.8 Å². The van der Waals surface area contributed by atoms with Crippen molar-refractivity contribution in [3.8, 4) is 0 Å². The molecule has 1 aromatic carbocycles. The van der Waals surface area contributed by atoms with E-state index in [1.807, 2.05) is 32.9 Å². The molecule has 2 unspecified atom stereocenters. The molecule has 0 fully saturated rings. The van der Waals surface area contributed by atoms with Gasteiger partial charge in [-0.25, -0.2) is 13.1 Å². The Kier molecular flexibility index (Phi) is 6.61. The van der Waals surface area contributed by atoms with Crippen molar-refractivity contribution in [3.63, 3.8) is 0 Å². The lowest BCUT2D eigenvalue weighted by molar-refractivity contribution is 0.122. The smallest absolute Gasteiger partial charge is 0.240 e. The Labute approximate surface area is 121 Å². The van der Waals surface area contributed by atoms with Crippen LogP contribution < -0.4 is 10.0 Å². The minimum absolute atomic E-state index is 0.155. The Bertz CT molecular complexity index is 500. The first-order chi connectivity index (χ1) is 9.40. The highest BCUT2D eigenvalue weighted by atomic mass is 32.2. The molecular formula is C14H24N2O3S. The molecule has 0 bridgehead atoms. The van der Waals surface area contributed by atoms with Crippen molar-refractivity contribution in [2.24, 2.45) is 0 Å². The van der Waals surface area contributed by atoms with Crippen LogP contribution in [0.5, 0.6) is 0 Å². The fraction of sp³-hybridized carbons (Fsp3) is 0.571. The average Bonchev–Trinajstić information content (AvgIpc) is 2.45. The van der Waals surface area contributed by atoms with Gasteiger partial charge in [-0.2, -0.15) is 0 Å². The molecule has 114 valence electrons. The summed E-state index contributed by atoms with van der Waals surface area (Å²) in [6, 6.07) is 7.13. The first-order valence-corrected chi connectivity index (χ1v) is 8.24. The fourth-order valence-corrected chi connectivity index (χ4v) is 2.87. The van der Waals surface area contributed by atoms with Crippen LogP contribution in [0.1, 0.15) is 32.4 Å². The summed E-state index contributed by atoms with van der Waals surface area (Å²) in [5.41, 5.74) is 1.07. The zero-order valence-electron chi connectivity index (χ0n) is 12.5. The lowest BCUT2D eigenvalue weighted by atomic mass is 10.1. The van der Waals surface area contributed by atoms with Gasteiger partial charge in [0.2, 0.25) is 10.0 Å². The van der Waals surface area contributed by atoms with Gasteiger partial charge < -0.3 is 10.1 Å². The summed E-state index contributed by atoms with van der Waals surface area (Å²) >= 11 is 0. The Hall–Kier alpha value is -0.950. The zero-order chi connectivity index (χ0) is 15.2. The fourth-order valence-electron chi connectivity index (χ4n) is 1.75. The van der Waals surface area contributed by atoms with Crippen molar-refractivity contribution in [3.05, 3.63) is 29.8 Å². The van der Waals surface area contributed by atoms with Crippen LogP contribution >= 0.6 is 0 Å². The predicted molar refractivity (Wildman–Crippen MR) is 80.2 cm³/mol. The van der Waals surface area contributed by atoms with E-state index < -0.39 is 10.0 Å². The summed E-state index contributed by atoms with van der Waals surface area (Å²) in [6.45, 7) is 7.03. The SMILES string of the molecule is CCNC(C)c1ccc(S(=O)(=O)NCC(C)OC)cc1. The summed E-state index contributed by atoms with van der Waals surface area (Å²) in [5.74, 6) is 0. The number of benzene rings is 1. The summed E-state index contributed by atoms with van der Waals surface area (Å²) in [6.07, 6.45) is -0.155. The first-order valence-electron chi connectivity index (χ1n) is 6.76. The second-order valence-electron chi connectivity index (χ2n) is 4.75. The number of methoxy groups -OCH3 is 1. The number of hydrogen-bond acceptors (Lipinski definition) is 4. The third-order valence-electron chi connectivity index (χ3n) is 3.16. The van der Waals surface area contributed by atoms with Gasteiger partial charge in [0.15, 0.2) is 0 Å². The van der Waals surface area contributed by atoms with E-state index in [0.717, 1.165) is 12.1 Å². The van der Waals surface area contributed by atoms with E-state index >= 15 is 0 Å². The van der Waals surface area contributed by atoms with Gasteiger partial charge in [0, 0.05) is 19.7 Å². The molecule has 0 spiro atoms. The van der Waals surface area contributed by atoms with Crippen LogP contribution in [-0.2, 0) is 14.8 Å². The molecule has 2 N–H and O–H groups in total. The van der Waals surface area contributed by atoms with Gasteiger partial charge in [0.1, 0.15) is 0 Å². The highest BCUT2D eigenvalue weighted by molar-refractivity contribution is 7.89. The number of hydrogen-bond donors (Lipinski definition) is 2. The lowest BCUT2D eigenvalue weighted by Crippen LogP contribution is -2.31. The minimum atomic E-state index is -3.47. The van der Waals surface area contributed by atoms with Crippen LogP contribution in [-0.4, -0.2) is 34.7 Å². The molecule has 1 aromatic rings. The van der Waals surface area contributed by atoms with Crippen LogP contribution in [0.4, 0.5) is 0 Å². The van der Waals surface area contributed by atoms with Crippen LogP contribution in [0.25, 0.3) is 0 Å². The predicted octanol–water partition coefficient (Wildman–Crippen LogP) is 1.67. The van der Waals surface area contributed by atoms with Crippen LogP contribution in [0.3, 0.4) is 0 Å². The number of ether oxygens (including phenoxy) is 1. The largest absolute Gasteiger partial charge is 0.380 e. The second kappa shape index (κ2) is 7.73. The molecular weight excluding hydrogens is 276 g/mol. The van der Waals surface area contributed by atoms with Gasteiger partial charge >= 0.3 is 0 Å². The van der Waals surface area contributed by atoms with E-state index in [1.54, 1.807) is 19.2 Å². The number of sulfonamides is 1. The highest BCUT2D eigenvalue weighted by Gasteiger charge is 2.15. The average molecular weight is 300 g/mol. The molecule has 20 heavy (non-hydrogen) atoms. The maximum atomic E-state index is 12.1. The number of rotatable bonds is 8. The Morgan fingerprint density at radius 2 is 1.80 bits per heavy atom. The molecule has 2 atom stereocenters. The number of nitrogens with one attached hydrogen (secondary N) is 2. The molecule has 6 heteroatoms. The van der Waals surface area contributed by atoms with Crippen molar-refractivity contribution in [1.82, 2.24) is 10.0 Å². The summed E-state index contributed by atoms with van der Waals surface area (Å²) < 4.78 is 31.7. The summed E-state index contributed by atoms with van der Waals surface area (Å²) in [5, 5.41) is 3.29. The van der Waals surface area contributed by atoms with E-state index in [0.29, 0.717) is 0 Å². The van der Waals surface area contributed by atoms with Crippen molar-refractivity contribution < 1.29 is 13.2 Å². The second-order valence-corrected chi connectivity index (χ2v) is 6.51. The normalized spacial score (nSPS) is 15.0. The monoisotopic (exact) mass is 300 g/mol.